The van der Waals surface area contributed by atoms with E-state index in [4.69, 9.17) is 14.2 Å². The molecule has 0 aromatic heterocycles. The van der Waals surface area contributed by atoms with E-state index in [1.165, 1.54) is 0 Å². The minimum atomic E-state index is -0.662. The van der Waals surface area contributed by atoms with Gasteiger partial charge >= 0.3 is 12.0 Å². The SMILES string of the molecule is CCOC(=O)C1=C(CNC2CC(C)(C)NC(C)(C)C2)NC(=O)N[C@@H]1c1ccc2c(c1)OCO2. The van der Waals surface area contributed by atoms with E-state index in [2.05, 4.69) is 49.0 Å². The summed E-state index contributed by atoms with van der Waals surface area (Å²) in [6, 6.07) is 4.60. The number of hydrogen-bond acceptors (Lipinski definition) is 7. The number of amides is 2. The summed E-state index contributed by atoms with van der Waals surface area (Å²) in [5.74, 6) is 0.761. The van der Waals surface area contributed by atoms with E-state index in [1.54, 1.807) is 19.1 Å². The molecule has 0 radical (unpaired) electrons. The fourth-order valence-corrected chi connectivity index (χ4v) is 5.26. The fraction of sp³-hybridized carbons (Fsp3) is 0.583. The topological polar surface area (TPSA) is 110 Å². The van der Waals surface area contributed by atoms with E-state index < -0.39 is 12.0 Å². The number of benzene rings is 1. The number of esters is 1. The lowest BCUT2D eigenvalue weighted by molar-refractivity contribution is -0.139. The molecule has 33 heavy (non-hydrogen) atoms. The van der Waals surface area contributed by atoms with Crippen molar-refractivity contribution >= 4 is 12.0 Å². The van der Waals surface area contributed by atoms with Crippen LogP contribution in [-0.2, 0) is 9.53 Å². The Labute approximate surface area is 194 Å². The predicted octanol–water partition coefficient (Wildman–Crippen LogP) is 2.49. The molecule has 0 spiro atoms. The fourth-order valence-electron chi connectivity index (χ4n) is 5.26. The Morgan fingerprint density at radius 1 is 1.15 bits per heavy atom. The summed E-state index contributed by atoms with van der Waals surface area (Å²) in [4.78, 5) is 25.6. The van der Waals surface area contributed by atoms with Gasteiger partial charge in [0.25, 0.3) is 0 Å². The largest absolute Gasteiger partial charge is 0.463 e. The standard InChI is InChI=1S/C24H34N4O5/c1-6-31-21(29)19-16(12-25-15-10-23(2,3)28-24(4,5)11-15)26-22(30)27-20(19)14-7-8-17-18(9-14)33-13-32-17/h7-9,15,20,25,28H,6,10-13H2,1-5H3,(H2,26,27,30)/t20-/m1/s1. The first-order valence-corrected chi connectivity index (χ1v) is 11.5. The number of rotatable bonds is 6. The zero-order valence-corrected chi connectivity index (χ0v) is 20.0. The van der Waals surface area contributed by atoms with Crippen molar-refractivity contribution in [3.05, 3.63) is 35.0 Å². The summed E-state index contributed by atoms with van der Waals surface area (Å²) in [5.41, 5.74) is 1.58. The molecular formula is C24H34N4O5. The molecule has 3 aliphatic heterocycles. The first-order chi connectivity index (χ1) is 15.6. The summed E-state index contributed by atoms with van der Waals surface area (Å²) in [6.45, 7) is 11.3. The lowest BCUT2D eigenvalue weighted by Crippen LogP contribution is -2.62. The maximum Gasteiger partial charge on any atom is 0.338 e. The van der Waals surface area contributed by atoms with Crippen LogP contribution in [0.1, 0.15) is 59.1 Å². The Bertz CT molecular complexity index is 956. The van der Waals surface area contributed by atoms with Gasteiger partial charge in [0, 0.05) is 29.4 Å². The van der Waals surface area contributed by atoms with E-state index in [1.807, 2.05) is 6.07 Å². The Balaban J connectivity index is 1.63. The summed E-state index contributed by atoms with van der Waals surface area (Å²) in [6.07, 6.45) is 1.85. The third-order valence-electron chi connectivity index (χ3n) is 6.14. The van der Waals surface area contributed by atoms with Crippen molar-refractivity contribution in [3.8, 4) is 11.5 Å². The summed E-state index contributed by atoms with van der Waals surface area (Å²) >= 11 is 0. The van der Waals surface area contributed by atoms with Crippen molar-refractivity contribution in [2.24, 2.45) is 0 Å². The number of carbonyl (C=O) groups is 2. The number of nitrogens with one attached hydrogen (secondary N) is 4. The highest BCUT2D eigenvalue weighted by molar-refractivity contribution is 5.95. The summed E-state index contributed by atoms with van der Waals surface area (Å²) in [7, 11) is 0. The van der Waals surface area contributed by atoms with Gasteiger partial charge < -0.3 is 35.5 Å². The molecule has 1 aromatic rings. The molecule has 0 bridgehead atoms. The van der Waals surface area contributed by atoms with Gasteiger partial charge in [0.15, 0.2) is 11.5 Å². The molecule has 9 heteroatoms. The number of ether oxygens (including phenoxy) is 3. The molecule has 3 heterocycles. The Morgan fingerprint density at radius 3 is 2.55 bits per heavy atom. The van der Waals surface area contributed by atoms with Gasteiger partial charge in [-0.2, -0.15) is 0 Å². The average Bonchev–Trinajstić information content (AvgIpc) is 3.17. The van der Waals surface area contributed by atoms with Crippen molar-refractivity contribution in [3.63, 3.8) is 0 Å². The van der Waals surface area contributed by atoms with E-state index in [0.717, 1.165) is 18.4 Å². The number of carbonyl (C=O) groups excluding carboxylic acids is 2. The van der Waals surface area contributed by atoms with Gasteiger partial charge in [0.2, 0.25) is 6.79 Å². The third kappa shape index (κ3) is 5.25. The molecule has 1 saturated heterocycles. The highest BCUT2D eigenvalue weighted by Gasteiger charge is 2.39. The van der Waals surface area contributed by atoms with Gasteiger partial charge in [-0.3, -0.25) is 0 Å². The molecule has 1 aromatic carbocycles. The smallest absolute Gasteiger partial charge is 0.338 e. The molecule has 2 amide bonds. The minimum Gasteiger partial charge on any atom is -0.463 e. The van der Waals surface area contributed by atoms with Gasteiger partial charge in [0.05, 0.1) is 18.2 Å². The monoisotopic (exact) mass is 458 g/mol. The number of hydrogen-bond donors (Lipinski definition) is 4. The molecule has 3 aliphatic rings. The molecule has 0 unspecified atom stereocenters. The van der Waals surface area contributed by atoms with Gasteiger partial charge in [-0.05, 0) is 65.2 Å². The van der Waals surface area contributed by atoms with E-state index in [9.17, 15) is 9.59 Å². The minimum absolute atomic E-state index is 0.0237. The van der Waals surface area contributed by atoms with Crippen LogP contribution < -0.4 is 30.7 Å². The van der Waals surface area contributed by atoms with E-state index in [0.29, 0.717) is 29.3 Å². The number of fused-ring (bicyclic) bond motifs is 1. The normalized spacial score (nSPS) is 23.7. The summed E-state index contributed by atoms with van der Waals surface area (Å²) in [5, 5.41) is 12.9. The second-order valence-electron chi connectivity index (χ2n) is 10.1. The zero-order valence-electron chi connectivity index (χ0n) is 20.0. The van der Waals surface area contributed by atoms with Crippen LogP contribution in [-0.4, -0.2) is 49.1 Å². The van der Waals surface area contributed by atoms with Crippen LogP contribution in [0.3, 0.4) is 0 Å². The predicted molar refractivity (Wildman–Crippen MR) is 123 cm³/mol. The van der Waals surface area contributed by atoms with Crippen LogP contribution in [0.4, 0.5) is 4.79 Å². The number of piperidine rings is 1. The molecular weight excluding hydrogens is 424 g/mol. The van der Waals surface area contributed by atoms with Crippen LogP contribution in [0.25, 0.3) is 0 Å². The first kappa shape index (κ1) is 23.4. The van der Waals surface area contributed by atoms with E-state index in [-0.39, 0.29) is 36.6 Å². The number of urea groups is 1. The van der Waals surface area contributed by atoms with Crippen molar-refractivity contribution in [1.82, 2.24) is 21.3 Å². The van der Waals surface area contributed by atoms with Crippen LogP contribution in [0.2, 0.25) is 0 Å². The van der Waals surface area contributed by atoms with E-state index >= 15 is 0 Å². The molecule has 0 aliphatic carbocycles. The molecule has 4 rings (SSSR count). The Kier molecular flexibility index (Phi) is 6.28. The molecule has 180 valence electrons. The average molecular weight is 459 g/mol. The van der Waals surface area contributed by atoms with Gasteiger partial charge in [-0.25, -0.2) is 9.59 Å². The van der Waals surface area contributed by atoms with Crippen LogP contribution in [0.15, 0.2) is 29.5 Å². The van der Waals surface area contributed by atoms with Crippen LogP contribution in [0.5, 0.6) is 11.5 Å². The lowest BCUT2D eigenvalue weighted by atomic mass is 9.79. The lowest BCUT2D eigenvalue weighted by Gasteiger charge is -2.47. The van der Waals surface area contributed by atoms with Crippen molar-refractivity contribution < 1.29 is 23.8 Å². The highest BCUT2D eigenvalue weighted by Crippen LogP contribution is 2.37. The van der Waals surface area contributed by atoms with Crippen molar-refractivity contribution in [2.45, 2.75) is 70.6 Å². The molecule has 9 nitrogen and oxygen atoms in total. The van der Waals surface area contributed by atoms with Crippen LogP contribution in [0, 0.1) is 0 Å². The molecule has 4 N–H and O–H groups in total. The molecule has 1 fully saturated rings. The van der Waals surface area contributed by atoms with Gasteiger partial charge in [-0.1, -0.05) is 6.07 Å². The maximum atomic E-state index is 13.0. The zero-order chi connectivity index (χ0) is 23.8. The highest BCUT2D eigenvalue weighted by atomic mass is 16.7. The Hall–Kier alpha value is -2.78. The second kappa shape index (κ2) is 8.87. The van der Waals surface area contributed by atoms with Gasteiger partial charge in [0.1, 0.15) is 0 Å². The van der Waals surface area contributed by atoms with Crippen molar-refractivity contribution in [1.29, 1.82) is 0 Å². The second-order valence-corrected chi connectivity index (χ2v) is 10.1. The van der Waals surface area contributed by atoms with Crippen LogP contribution >= 0.6 is 0 Å². The summed E-state index contributed by atoms with van der Waals surface area (Å²) < 4.78 is 16.3. The molecule has 0 saturated carbocycles. The quantitative estimate of drug-likeness (QED) is 0.485. The molecule has 1 atom stereocenters. The Morgan fingerprint density at radius 2 is 1.85 bits per heavy atom. The first-order valence-electron chi connectivity index (χ1n) is 11.5. The maximum absolute atomic E-state index is 13.0. The van der Waals surface area contributed by atoms with Crippen molar-refractivity contribution in [2.75, 3.05) is 19.9 Å². The van der Waals surface area contributed by atoms with Gasteiger partial charge in [-0.15, -0.1) is 0 Å². The third-order valence-corrected chi connectivity index (χ3v) is 6.14.